The van der Waals surface area contributed by atoms with Crippen molar-refractivity contribution in [2.45, 2.75) is 19.9 Å². The molecule has 1 fully saturated rings. The molecule has 1 aromatic carbocycles. The number of anilines is 1. The summed E-state index contributed by atoms with van der Waals surface area (Å²) in [6, 6.07) is 8.11. The number of aryl methyl sites for hydroxylation is 1. The maximum absolute atomic E-state index is 12.6. The normalized spacial score (nSPS) is 15.0. The van der Waals surface area contributed by atoms with E-state index in [-0.39, 0.29) is 17.7 Å². The molecule has 0 bridgehead atoms. The molecule has 1 atom stereocenters. The third-order valence-corrected chi connectivity index (χ3v) is 6.33. The molecule has 0 radical (unpaired) electrons. The molecule has 0 aliphatic carbocycles. The molecule has 6 nitrogen and oxygen atoms in total. The number of rotatable bonds is 5. The van der Waals surface area contributed by atoms with E-state index in [1.54, 1.807) is 37.3 Å². The minimum atomic E-state index is -0.679. The number of hydrogen-bond acceptors (Lipinski definition) is 5. The summed E-state index contributed by atoms with van der Waals surface area (Å²) in [6.45, 7) is 5.03. The molecule has 3 rings (SSSR count). The molecule has 2 aromatic rings. The Morgan fingerprint density at radius 2 is 1.89 bits per heavy atom. The monoisotopic (exact) mass is 417 g/mol. The molecule has 8 heteroatoms. The summed E-state index contributed by atoms with van der Waals surface area (Å²) in [5, 5.41) is 7.33. The first-order valence-corrected chi connectivity index (χ1v) is 11.1. The van der Waals surface area contributed by atoms with Gasteiger partial charge in [0.1, 0.15) is 6.04 Å². The van der Waals surface area contributed by atoms with Crippen molar-refractivity contribution in [3.63, 3.8) is 0 Å². The van der Waals surface area contributed by atoms with Crippen molar-refractivity contribution >= 4 is 46.5 Å². The third-order valence-electron chi connectivity index (χ3n) is 4.52. The topological polar surface area (TPSA) is 78.5 Å². The van der Waals surface area contributed by atoms with Gasteiger partial charge in [0.05, 0.1) is 4.88 Å². The largest absolute Gasteiger partial charge is 0.340 e. The van der Waals surface area contributed by atoms with Gasteiger partial charge in [0.2, 0.25) is 5.91 Å². The Labute approximate surface area is 172 Å². The van der Waals surface area contributed by atoms with E-state index >= 15 is 0 Å². The number of amides is 3. The van der Waals surface area contributed by atoms with Crippen molar-refractivity contribution in [1.82, 2.24) is 10.2 Å². The van der Waals surface area contributed by atoms with E-state index < -0.39 is 6.04 Å². The number of nitrogens with zero attached hydrogens (tertiary/aromatic N) is 1. The fourth-order valence-electron chi connectivity index (χ4n) is 2.87. The molecule has 1 aliphatic rings. The maximum Gasteiger partial charge on any atom is 0.261 e. The van der Waals surface area contributed by atoms with Crippen LogP contribution in [0.25, 0.3) is 0 Å². The van der Waals surface area contributed by atoms with Gasteiger partial charge in [0.25, 0.3) is 11.8 Å². The molecule has 1 aromatic heterocycles. The first-order valence-electron chi connectivity index (χ1n) is 9.08. The van der Waals surface area contributed by atoms with Gasteiger partial charge < -0.3 is 15.5 Å². The average molecular weight is 418 g/mol. The predicted octanol–water partition coefficient (Wildman–Crippen LogP) is 3.00. The first kappa shape index (κ1) is 20.4. The summed E-state index contributed by atoms with van der Waals surface area (Å²) in [6.07, 6.45) is 0. The molecule has 1 saturated heterocycles. The van der Waals surface area contributed by atoms with Crippen LogP contribution in [0.5, 0.6) is 0 Å². The second-order valence-electron chi connectivity index (χ2n) is 6.60. The molecule has 2 heterocycles. The Balaban J connectivity index is 1.61. The Bertz CT molecular complexity index is 862. The van der Waals surface area contributed by atoms with Crippen molar-refractivity contribution in [1.29, 1.82) is 0 Å². The number of carbonyl (C=O) groups is 3. The van der Waals surface area contributed by atoms with Crippen LogP contribution in [0.4, 0.5) is 5.69 Å². The van der Waals surface area contributed by atoms with Crippen LogP contribution in [0.3, 0.4) is 0 Å². The van der Waals surface area contributed by atoms with E-state index in [1.807, 2.05) is 29.0 Å². The fraction of sp³-hybridized carbons (Fsp3) is 0.350. The Kier molecular flexibility index (Phi) is 6.74. The van der Waals surface area contributed by atoms with Crippen molar-refractivity contribution < 1.29 is 14.4 Å². The first-order chi connectivity index (χ1) is 13.5. The van der Waals surface area contributed by atoms with E-state index in [1.165, 1.54) is 11.3 Å². The Morgan fingerprint density at radius 3 is 2.54 bits per heavy atom. The highest BCUT2D eigenvalue weighted by molar-refractivity contribution is 7.99. The molecule has 1 aliphatic heterocycles. The number of benzene rings is 1. The fourth-order valence-corrected chi connectivity index (χ4v) is 4.40. The average Bonchev–Trinajstić information content (AvgIpc) is 3.24. The van der Waals surface area contributed by atoms with Crippen molar-refractivity contribution in [2.75, 3.05) is 29.9 Å². The number of carbonyl (C=O) groups excluding carboxylic acids is 3. The van der Waals surface area contributed by atoms with Gasteiger partial charge in [-0.1, -0.05) is 6.07 Å². The molecular formula is C20H23N3O3S2. The number of nitrogens with one attached hydrogen (secondary N) is 2. The van der Waals surface area contributed by atoms with Gasteiger partial charge in [-0.3, -0.25) is 14.4 Å². The summed E-state index contributed by atoms with van der Waals surface area (Å²) in [5.74, 6) is 1.38. The number of thioether (sulfide) groups is 1. The second-order valence-corrected chi connectivity index (χ2v) is 8.77. The maximum atomic E-state index is 12.6. The molecule has 0 saturated carbocycles. The predicted molar refractivity (Wildman–Crippen MR) is 114 cm³/mol. The van der Waals surface area contributed by atoms with Crippen molar-refractivity contribution in [2.24, 2.45) is 0 Å². The number of hydrogen-bond donors (Lipinski definition) is 2. The minimum Gasteiger partial charge on any atom is -0.340 e. The Hall–Kier alpha value is -2.32. The lowest BCUT2D eigenvalue weighted by Crippen LogP contribution is -2.41. The lowest BCUT2D eigenvalue weighted by molar-refractivity contribution is -0.117. The van der Waals surface area contributed by atoms with Gasteiger partial charge in [-0.15, -0.1) is 11.3 Å². The Morgan fingerprint density at radius 1 is 1.14 bits per heavy atom. The van der Waals surface area contributed by atoms with Gasteiger partial charge in [-0.05, 0) is 49.1 Å². The molecule has 1 unspecified atom stereocenters. The highest BCUT2D eigenvalue weighted by Crippen LogP contribution is 2.20. The highest BCUT2D eigenvalue weighted by atomic mass is 32.2. The summed E-state index contributed by atoms with van der Waals surface area (Å²) in [4.78, 5) is 39.6. The zero-order valence-corrected chi connectivity index (χ0v) is 17.5. The van der Waals surface area contributed by atoms with Gasteiger partial charge in [0.15, 0.2) is 0 Å². The second kappa shape index (κ2) is 9.25. The van der Waals surface area contributed by atoms with Crippen LogP contribution in [-0.4, -0.2) is 53.3 Å². The zero-order chi connectivity index (χ0) is 20.1. The van der Waals surface area contributed by atoms with Gasteiger partial charge in [0, 0.05) is 35.8 Å². The SMILES string of the molecule is Cc1cc(C(=O)N2CCSCC2)ccc1NC(=O)C(C)NC(=O)c1cccs1. The third kappa shape index (κ3) is 4.94. The molecule has 0 spiro atoms. The number of thiophene rings is 1. The van der Waals surface area contributed by atoms with Crippen LogP contribution in [0.2, 0.25) is 0 Å². The van der Waals surface area contributed by atoms with Gasteiger partial charge in [-0.25, -0.2) is 0 Å². The van der Waals surface area contributed by atoms with E-state index in [2.05, 4.69) is 10.6 Å². The molecule has 3 amide bonds. The van der Waals surface area contributed by atoms with E-state index in [0.29, 0.717) is 16.1 Å². The standard InChI is InChI=1S/C20H23N3O3S2/c1-13-12-15(20(26)23-7-10-27-11-8-23)5-6-16(13)22-18(24)14(2)21-19(25)17-4-3-9-28-17/h3-6,9,12,14H,7-8,10-11H2,1-2H3,(H,21,25)(H,22,24). The van der Waals surface area contributed by atoms with E-state index in [9.17, 15) is 14.4 Å². The molecule has 148 valence electrons. The van der Waals surface area contributed by atoms with Crippen LogP contribution >= 0.6 is 23.1 Å². The van der Waals surface area contributed by atoms with Crippen LogP contribution in [0.15, 0.2) is 35.7 Å². The smallest absolute Gasteiger partial charge is 0.261 e. The summed E-state index contributed by atoms with van der Waals surface area (Å²) in [5.41, 5.74) is 2.07. The minimum absolute atomic E-state index is 0.0258. The molecule has 28 heavy (non-hydrogen) atoms. The van der Waals surface area contributed by atoms with Crippen LogP contribution in [0, 0.1) is 6.92 Å². The van der Waals surface area contributed by atoms with Crippen LogP contribution in [-0.2, 0) is 4.79 Å². The highest BCUT2D eigenvalue weighted by Gasteiger charge is 2.20. The van der Waals surface area contributed by atoms with Crippen LogP contribution in [0.1, 0.15) is 32.5 Å². The zero-order valence-electron chi connectivity index (χ0n) is 15.9. The summed E-state index contributed by atoms with van der Waals surface area (Å²) in [7, 11) is 0. The molecule has 2 N–H and O–H groups in total. The molecular weight excluding hydrogens is 394 g/mol. The van der Waals surface area contributed by atoms with E-state index in [4.69, 9.17) is 0 Å². The summed E-state index contributed by atoms with van der Waals surface area (Å²) >= 11 is 3.18. The van der Waals surface area contributed by atoms with Crippen LogP contribution < -0.4 is 10.6 Å². The van der Waals surface area contributed by atoms with Gasteiger partial charge >= 0.3 is 0 Å². The van der Waals surface area contributed by atoms with Crippen molar-refractivity contribution in [3.05, 3.63) is 51.7 Å². The summed E-state index contributed by atoms with van der Waals surface area (Å²) < 4.78 is 0. The lowest BCUT2D eigenvalue weighted by Gasteiger charge is -2.26. The quantitative estimate of drug-likeness (QED) is 0.784. The lowest BCUT2D eigenvalue weighted by atomic mass is 10.1. The van der Waals surface area contributed by atoms with Crippen molar-refractivity contribution in [3.8, 4) is 0 Å². The van der Waals surface area contributed by atoms with E-state index in [0.717, 1.165) is 30.2 Å². The van der Waals surface area contributed by atoms with Gasteiger partial charge in [-0.2, -0.15) is 11.8 Å².